The van der Waals surface area contributed by atoms with E-state index in [4.69, 9.17) is 5.73 Å². The molecule has 0 saturated carbocycles. The molecule has 0 unspecified atom stereocenters. The molecule has 7 heteroatoms. The van der Waals surface area contributed by atoms with E-state index in [0.717, 1.165) is 19.6 Å². The van der Waals surface area contributed by atoms with Crippen molar-refractivity contribution in [2.45, 2.75) is 25.7 Å². The highest BCUT2D eigenvalue weighted by atomic mass is 16.6. The van der Waals surface area contributed by atoms with Crippen molar-refractivity contribution in [2.75, 3.05) is 31.9 Å². The summed E-state index contributed by atoms with van der Waals surface area (Å²) in [5.74, 6) is -0.307. The van der Waals surface area contributed by atoms with Gasteiger partial charge in [-0.15, -0.1) is 0 Å². The van der Waals surface area contributed by atoms with Crippen molar-refractivity contribution >= 4 is 17.3 Å². The predicted molar refractivity (Wildman–Crippen MR) is 84.8 cm³/mol. The number of nitro benzene ring substituents is 1. The highest BCUT2D eigenvalue weighted by Gasteiger charge is 2.16. The van der Waals surface area contributed by atoms with Gasteiger partial charge in [0, 0.05) is 24.7 Å². The van der Waals surface area contributed by atoms with Crippen LogP contribution in [0, 0.1) is 10.1 Å². The average molecular weight is 306 g/mol. The van der Waals surface area contributed by atoms with Crippen LogP contribution in [0.2, 0.25) is 0 Å². The average Bonchev–Trinajstić information content (AvgIpc) is 2.76. The van der Waals surface area contributed by atoms with Crippen molar-refractivity contribution in [3.05, 3.63) is 33.9 Å². The predicted octanol–water partition coefficient (Wildman–Crippen LogP) is 1.78. The molecular weight excluding hydrogens is 284 g/mol. The third-order valence-corrected chi connectivity index (χ3v) is 3.90. The lowest BCUT2D eigenvalue weighted by molar-refractivity contribution is -0.383. The Morgan fingerprint density at radius 2 is 1.95 bits per heavy atom. The van der Waals surface area contributed by atoms with Gasteiger partial charge >= 0.3 is 0 Å². The second kappa shape index (κ2) is 7.74. The standard InChI is InChI=1S/C15H22N4O3/c16-13-6-5-12(11-14(13)19(21)22)15(20)17-7-10-18-8-3-1-2-4-9-18/h5-6,11H,1-4,7-10,16H2,(H,17,20). The quantitative estimate of drug-likeness (QED) is 0.490. The molecule has 1 saturated heterocycles. The van der Waals surface area contributed by atoms with E-state index >= 15 is 0 Å². The fourth-order valence-electron chi connectivity index (χ4n) is 2.63. The van der Waals surface area contributed by atoms with E-state index in [0.29, 0.717) is 6.54 Å². The van der Waals surface area contributed by atoms with E-state index in [-0.39, 0.29) is 22.8 Å². The van der Waals surface area contributed by atoms with Crippen molar-refractivity contribution in [1.82, 2.24) is 10.2 Å². The van der Waals surface area contributed by atoms with E-state index in [1.165, 1.54) is 43.9 Å². The third kappa shape index (κ3) is 4.42. The number of benzene rings is 1. The van der Waals surface area contributed by atoms with Crippen molar-refractivity contribution in [2.24, 2.45) is 0 Å². The largest absolute Gasteiger partial charge is 0.393 e. The lowest BCUT2D eigenvalue weighted by atomic mass is 10.1. The van der Waals surface area contributed by atoms with Crippen LogP contribution in [0.25, 0.3) is 0 Å². The number of carbonyl (C=O) groups excluding carboxylic acids is 1. The van der Waals surface area contributed by atoms with Gasteiger partial charge in [-0.05, 0) is 38.1 Å². The first kappa shape index (κ1) is 16.2. The minimum atomic E-state index is -0.580. The van der Waals surface area contributed by atoms with Gasteiger partial charge in [0.1, 0.15) is 5.69 Å². The number of anilines is 1. The van der Waals surface area contributed by atoms with Crippen LogP contribution >= 0.6 is 0 Å². The van der Waals surface area contributed by atoms with Gasteiger partial charge in [-0.3, -0.25) is 14.9 Å². The number of nitrogens with two attached hydrogens (primary N) is 1. The van der Waals surface area contributed by atoms with Crippen LogP contribution in [-0.4, -0.2) is 41.9 Å². The van der Waals surface area contributed by atoms with Gasteiger partial charge in [-0.1, -0.05) is 12.8 Å². The summed E-state index contributed by atoms with van der Waals surface area (Å²) in [6, 6.07) is 4.11. The van der Waals surface area contributed by atoms with Crippen molar-refractivity contribution in [3.63, 3.8) is 0 Å². The summed E-state index contributed by atoms with van der Waals surface area (Å²) < 4.78 is 0. The van der Waals surface area contributed by atoms with Crippen molar-refractivity contribution in [3.8, 4) is 0 Å². The Morgan fingerprint density at radius 3 is 2.59 bits per heavy atom. The SMILES string of the molecule is Nc1ccc(C(=O)NCCN2CCCCCC2)cc1[N+](=O)[O-]. The highest BCUT2D eigenvalue weighted by Crippen LogP contribution is 2.22. The van der Waals surface area contributed by atoms with Gasteiger partial charge in [0.05, 0.1) is 4.92 Å². The number of likely N-dealkylation sites (tertiary alicyclic amines) is 1. The molecule has 3 N–H and O–H groups in total. The smallest absolute Gasteiger partial charge is 0.292 e. The van der Waals surface area contributed by atoms with E-state index in [1.54, 1.807) is 0 Å². The number of nitrogens with one attached hydrogen (secondary N) is 1. The molecule has 120 valence electrons. The molecule has 0 bridgehead atoms. The van der Waals surface area contributed by atoms with Gasteiger partial charge in [0.25, 0.3) is 11.6 Å². The number of nitro groups is 1. The summed E-state index contributed by atoms with van der Waals surface area (Å²) in [6.07, 6.45) is 4.96. The van der Waals surface area contributed by atoms with Gasteiger partial charge < -0.3 is 16.0 Å². The molecule has 1 aromatic carbocycles. The molecule has 1 heterocycles. The molecule has 0 aromatic heterocycles. The Hall–Kier alpha value is -2.15. The first-order valence-corrected chi connectivity index (χ1v) is 7.62. The summed E-state index contributed by atoms with van der Waals surface area (Å²) in [4.78, 5) is 24.7. The minimum absolute atomic E-state index is 0.0612. The van der Waals surface area contributed by atoms with E-state index in [2.05, 4.69) is 10.2 Å². The lowest BCUT2D eigenvalue weighted by Crippen LogP contribution is -2.35. The normalized spacial score (nSPS) is 16.0. The fraction of sp³-hybridized carbons (Fsp3) is 0.533. The van der Waals surface area contributed by atoms with Gasteiger partial charge in [0.15, 0.2) is 0 Å². The topological polar surface area (TPSA) is 102 Å². The highest BCUT2D eigenvalue weighted by molar-refractivity contribution is 5.95. The molecule has 1 aliphatic rings. The number of nitrogen functional groups attached to an aromatic ring is 1. The molecule has 1 fully saturated rings. The fourth-order valence-corrected chi connectivity index (χ4v) is 2.63. The second-order valence-electron chi connectivity index (χ2n) is 5.54. The Labute approximate surface area is 129 Å². The van der Waals surface area contributed by atoms with Crippen LogP contribution < -0.4 is 11.1 Å². The van der Waals surface area contributed by atoms with Crippen molar-refractivity contribution < 1.29 is 9.72 Å². The molecule has 0 aliphatic carbocycles. The van der Waals surface area contributed by atoms with Crippen molar-refractivity contribution in [1.29, 1.82) is 0 Å². The summed E-state index contributed by atoms with van der Waals surface area (Å²) in [5, 5.41) is 13.6. The molecule has 1 aromatic rings. The number of amides is 1. The molecular formula is C15H22N4O3. The van der Waals surface area contributed by atoms with Crippen LogP contribution in [0.4, 0.5) is 11.4 Å². The van der Waals surface area contributed by atoms with Gasteiger partial charge in [-0.2, -0.15) is 0 Å². The summed E-state index contributed by atoms with van der Waals surface area (Å²) >= 11 is 0. The van der Waals surface area contributed by atoms with Crippen LogP contribution in [0.5, 0.6) is 0 Å². The van der Waals surface area contributed by atoms with E-state index in [9.17, 15) is 14.9 Å². The monoisotopic (exact) mass is 306 g/mol. The Morgan fingerprint density at radius 1 is 1.27 bits per heavy atom. The van der Waals surface area contributed by atoms with E-state index in [1.807, 2.05) is 0 Å². The first-order chi connectivity index (χ1) is 10.6. The Balaban J connectivity index is 1.86. The maximum atomic E-state index is 12.0. The Kier molecular flexibility index (Phi) is 5.71. The molecule has 1 aliphatic heterocycles. The van der Waals surface area contributed by atoms with Crippen LogP contribution in [0.1, 0.15) is 36.0 Å². The molecule has 0 atom stereocenters. The van der Waals surface area contributed by atoms with Crippen LogP contribution in [-0.2, 0) is 0 Å². The molecule has 0 radical (unpaired) electrons. The third-order valence-electron chi connectivity index (χ3n) is 3.90. The van der Waals surface area contributed by atoms with Gasteiger partial charge in [0.2, 0.25) is 0 Å². The maximum absolute atomic E-state index is 12.0. The van der Waals surface area contributed by atoms with E-state index < -0.39 is 4.92 Å². The molecule has 0 spiro atoms. The number of hydrogen-bond acceptors (Lipinski definition) is 5. The summed E-state index contributed by atoms with van der Waals surface area (Å²) in [7, 11) is 0. The zero-order valence-corrected chi connectivity index (χ0v) is 12.6. The summed E-state index contributed by atoms with van der Waals surface area (Å²) in [6.45, 7) is 3.49. The molecule has 7 nitrogen and oxygen atoms in total. The van der Waals surface area contributed by atoms with Crippen LogP contribution in [0.15, 0.2) is 18.2 Å². The number of hydrogen-bond donors (Lipinski definition) is 2. The zero-order chi connectivity index (χ0) is 15.9. The molecule has 1 amide bonds. The Bertz CT molecular complexity index is 540. The number of carbonyl (C=O) groups is 1. The first-order valence-electron chi connectivity index (χ1n) is 7.62. The number of nitrogens with zero attached hydrogens (tertiary/aromatic N) is 2. The molecule has 22 heavy (non-hydrogen) atoms. The second-order valence-corrected chi connectivity index (χ2v) is 5.54. The summed E-state index contributed by atoms with van der Waals surface area (Å²) in [5.41, 5.74) is 5.61. The number of rotatable bonds is 5. The van der Waals surface area contributed by atoms with Crippen LogP contribution in [0.3, 0.4) is 0 Å². The van der Waals surface area contributed by atoms with Gasteiger partial charge in [-0.25, -0.2) is 0 Å². The minimum Gasteiger partial charge on any atom is -0.393 e. The lowest BCUT2D eigenvalue weighted by Gasteiger charge is -2.19. The molecule has 2 rings (SSSR count). The maximum Gasteiger partial charge on any atom is 0.292 e. The zero-order valence-electron chi connectivity index (χ0n) is 12.6.